The molecule has 2 aromatic rings. The first-order valence-corrected chi connectivity index (χ1v) is 10.1. The summed E-state index contributed by atoms with van der Waals surface area (Å²) in [7, 11) is 0. The van der Waals surface area contributed by atoms with Gasteiger partial charge in [-0.15, -0.1) is 0 Å². The van der Waals surface area contributed by atoms with E-state index in [2.05, 4.69) is 13.0 Å². The first-order valence-electron chi connectivity index (χ1n) is 9.70. The van der Waals surface area contributed by atoms with Crippen molar-refractivity contribution in [1.82, 2.24) is 0 Å². The summed E-state index contributed by atoms with van der Waals surface area (Å²) >= 11 is 5.99. The van der Waals surface area contributed by atoms with Crippen LogP contribution < -0.4 is 0 Å². The number of rotatable bonds is 3. The van der Waals surface area contributed by atoms with Gasteiger partial charge < -0.3 is 4.74 Å². The van der Waals surface area contributed by atoms with E-state index in [0.717, 1.165) is 41.5 Å². The van der Waals surface area contributed by atoms with Crippen molar-refractivity contribution in [3.05, 3.63) is 58.6 Å². The molecule has 138 valence electrons. The Bertz CT molecular complexity index is 905. The van der Waals surface area contributed by atoms with Crippen LogP contribution in [0.2, 0.25) is 5.02 Å². The molecule has 3 fully saturated rings. The summed E-state index contributed by atoms with van der Waals surface area (Å²) in [5.74, 6) is -0.901. The van der Waals surface area contributed by atoms with E-state index in [9.17, 15) is 9.59 Å². The molecular formula is C23H21ClO3. The van der Waals surface area contributed by atoms with Crippen molar-refractivity contribution in [3.63, 3.8) is 0 Å². The Kier molecular flexibility index (Phi) is 3.99. The van der Waals surface area contributed by atoms with Crippen molar-refractivity contribution in [3.8, 4) is 11.1 Å². The fourth-order valence-electron chi connectivity index (χ4n) is 5.25. The van der Waals surface area contributed by atoms with E-state index in [1.165, 1.54) is 0 Å². The zero-order valence-electron chi connectivity index (χ0n) is 15.2. The molecule has 3 nitrogen and oxygen atoms in total. The van der Waals surface area contributed by atoms with Crippen LogP contribution in [0.3, 0.4) is 0 Å². The maximum Gasteiger partial charge on any atom is 0.154 e. The summed E-state index contributed by atoms with van der Waals surface area (Å²) < 4.78 is 5.86. The molecule has 2 heterocycles. The van der Waals surface area contributed by atoms with Crippen LogP contribution in [-0.4, -0.2) is 23.8 Å². The Morgan fingerprint density at radius 2 is 1.52 bits per heavy atom. The molecule has 5 atom stereocenters. The molecule has 0 amide bonds. The number of fused-ring (bicyclic) bond motifs is 5. The Morgan fingerprint density at radius 1 is 0.926 bits per heavy atom. The molecule has 27 heavy (non-hydrogen) atoms. The van der Waals surface area contributed by atoms with Crippen LogP contribution in [0.4, 0.5) is 0 Å². The average Bonchev–Trinajstić information content (AvgIpc) is 3.36. The van der Waals surface area contributed by atoms with Crippen molar-refractivity contribution in [2.24, 2.45) is 11.8 Å². The zero-order valence-corrected chi connectivity index (χ0v) is 15.9. The van der Waals surface area contributed by atoms with Gasteiger partial charge in [0.15, 0.2) is 11.6 Å². The Labute approximate surface area is 163 Å². The maximum absolute atomic E-state index is 13.1. The molecule has 2 aliphatic heterocycles. The summed E-state index contributed by atoms with van der Waals surface area (Å²) in [6, 6.07) is 13.8. The van der Waals surface area contributed by atoms with Gasteiger partial charge in [0, 0.05) is 5.02 Å². The number of carbonyl (C=O) groups excluding carboxylic acids is 2. The van der Waals surface area contributed by atoms with Crippen molar-refractivity contribution >= 4 is 23.2 Å². The van der Waals surface area contributed by atoms with E-state index in [1.807, 2.05) is 36.4 Å². The normalized spacial score (nSPS) is 31.6. The molecule has 0 spiro atoms. The average molecular weight is 381 g/mol. The Hall–Kier alpha value is -1.97. The van der Waals surface area contributed by atoms with Crippen LogP contribution in [0, 0.1) is 11.8 Å². The highest BCUT2D eigenvalue weighted by Crippen LogP contribution is 2.52. The van der Waals surface area contributed by atoms with Crippen LogP contribution in [0.25, 0.3) is 11.1 Å². The van der Waals surface area contributed by atoms with Crippen LogP contribution in [-0.2, 0) is 20.7 Å². The SMILES string of the molecule is CCc1cc(-c2ccc(Cl)cc2)ccc1C1C(=O)[C@@H]2[C@H](C1=O)[C@H]1CC[C@@H]2O1. The molecule has 2 bridgehead atoms. The highest BCUT2D eigenvalue weighted by Gasteiger charge is 2.63. The summed E-state index contributed by atoms with van der Waals surface area (Å²) in [5, 5.41) is 0.705. The zero-order chi connectivity index (χ0) is 18.7. The minimum absolute atomic E-state index is 0.0418. The van der Waals surface area contributed by atoms with Gasteiger partial charge in [-0.05, 0) is 53.6 Å². The largest absolute Gasteiger partial charge is 0.373 e. The number of benzene rings is 2. The summed E-state index contributed by atoms with van der Waals surface area (Å²) in [5.41, 5.74) is 4.11. The molecule has 0 radical (unpaired) electrons. The highest BCUT2D eigenvalue weighted by atomic mass is 35.5. The second-order valence-corrected chi connectivity index (χ2v) is 8.29. The molecule has 0 aromatic heterocycles. The van der Waals surface area contributed by atoms with Crippen LogP contribution in [0.5, 0.6) is 0 Å². The lowest BCUT2D eigenvalue weighted by Gasteiger charge is -2.17. The van der Waals surface area contributed by atoms with E-state index in [-0.39, 0.29) is 35.6 Å². The first-order chi connectivity index (χ1) is 13.1. The van der Waals surface area contributed by atoms with Gasteiger partial charge >= 0.3 is 0 Å². The number of halogens is 1. The number of carbonyl (C=O) groups is 2. The van der Waals surface area contributed by atoms with Crippen molar-refractivity contribution < 1.29 is 14.3 Å². The first kappa shape index (κ1) is 17.2. The predicted octanol–water partition coefficient (Wildman–Crippen LogP) is 4.60. The second-order valence-electron chi connectivity index (χ2n) is 7.85. The van der Waals surface area contributed by atoms with Gasteiger partial charge in [0.1, 0.15) is 5.92 Å². The van der Waals surface area contributed by atoms with Crippen molar-refractivity contribution in [2.75, 3.05) is 0 Å². The fourth-order valence-corrected chi connectivity index (χ4v) is 5.37. The minimum Gasteiger partial charge on any atom is -0.373 e. The third-order valence-electron chi connectivity index (χ3n) is 6.51. The third kappa shape index (κ3) is 2.52. The fraction of sp³-hybridized carbons (Fsp3) is 0.391. The smallest absolute Gasteiger partial charge is 0.154 e. The van der Waals surface area contributed by atoms with E-state index >= 15 is 0 Å². The van der Waals surface area contributed by atoms with E-state index in [1.54, 1.807) is 0 Å². The van der Waals surface area contributed by atoms with Crippen LogP contribution >= 0.6 is 11.6 Å². The molecule has 0 N–H and O–H groups in total. The molecule has 2 aromatic carbocycles. The van der Waals surface area contributed by atoms with Crippen LogP contribution in [0.15, 0.2) is 42.5 Å². The molecule has 1 unspecified atom stereocenters. The molecule has 2 saturated heterocycles. The highest BCUT2D eigenvalue weighted by molar-refractivity contribution is 6.30. The molecular weight excluding hydrogens is 360 g/mol. The quantitative estimate of drug-likeness (QED) is 0.731. The predicted molar refractivity (Wildman–Crippen MR) is 104 cm³/mol. The van der Waals surface area contributed by atoms with Gasteiger partial charge in [0.25, 0.3) is 0 Å². The Morgan fingerprint density at radius 3 is 2.11 bits per heavy atom. The lowest BCUT2D eigenvalue weighted by molar-refractivity contribution is -0.127. The number of ketones is 2. The molecule has 5 rings (SSSR count). The molecule has 4 heteroatoms. The third-order valence-corrected chi connectivity index (χ3v) is 6.76. The number of ether oxygens (including phenoxy) is 1. The van der Waals surface area contributed by atoms with Gasteiger partial charge in [0.05, 0.1) is 24.0 Å². The van der Waals surface area contributed by atoms with Gasteiger partial charge in [0.2, 0.25) is 0 Å². The standard InChI is InChI=1S/C23H21ClO3/c1-2-12-11-14(13-3-6-15(24)7-4-13)5-8-16(12)19-22(25)20-17-9-10-18(27-17)21(20)23(19)26/h3-8,11,17-21H,2,9-10H2,1H3/t17-,18+,19?,20-,21+. The summed E-state index contributed by atoms with van der Waals surface area (Å²) in [4.78, 5) is 26.3. The second kappa shape index (κ2) is 6.29. The number of hydrogen-bond acceptors (Lipinski definition) is 3. The maximum atomic E-state index is 13.1. The van der Waals surface area contributed by atoms with Crippen molar-refractivity contribution in [2.45, 2.75) is 44.3 Å². The molecule has 1 saturated carbocycles. The van der Waals surface area contributed by atoms with E-state index < -0.39 is 5.92 Å². The van der Waals surface area contributed by atoms with Gasteiger partial charge in [-0.3, -0.25) is 9.59 Å². The molecule has 1 aliphatic carbocycles. The van der Waals surface area contributed by atoms with Crippen LogP contribution in [0.1, 0.15) is 36.8 Å². The Balaban J connectivity index is 1.53. The molecule has 3 aliphatic rings. The van der Waals surface area contributed by atoms with Crippen molar-refractivity contribution in [1.29, 1.82) is 0 Å². The summed E-state index contributed by atoms with van der Waals surface area (Å²) in [6.07, 6.45) is 2.52. The number of hydrogen-bond donors (Lipinski definition) is 0. The summed E-state index contributed by atoms with van der Waals surface area (Å²) in [6.45, 7) is 2.07. The van der Waals surface area contributed by atoms with Gasteiger partial charge in [-0.25, -0.2) is 0 Å². The monoisotopic (exact) mass is 380 g/mol. The van der Waals surface area contributed by atoms with E-state index in [4.69, 9.17) is 16.3 Å². The number of Topliss-reactive ketones (excluding diaryl/α,β-unsaturated/α-hetero) is 2. The minimum atomic E-state index is -0.610. The lowest BCUT2D eigenvalue weighted by atomic mass is 9.81. The van der Waals surface area contributed by atoms with Gasteiger partial charge in [-0.1, -0.05) is 48.9 Å². The lowest BCUT2D eigenvalue weighted by Crippen LogP contribution is -2.29. The van der Waals surface area contributed by atoms with Gasteiger partial charge in [-0.2, -0.15) is 0 Å². The van der Waals surface area contributed by atoms with E-state index in [0.29, 0.717) is 5.02 Å². The topological polar surface area (TPSA) is 43.4 Å². The number of aryl methyl sites for hydroxylation is 1.